The minimum absolute atomic E-state index is 0. The zero-order valence-electron chi connectivity index (χ0n) is 19.7. The van der Waals surface area contributed by atoms with E-state index in [2.05, 4.69) is 14.7 Å². The van der Waals surface area contributed by atoms with Crippen molar-refractivity contribution in [2.45, 2.75) is 22.4 Å². The van der Waals surface area contributed by atoms with Crippen LogP contribution in [0.25, 0.3) is 11.0 Å². The van der Waals surface area contributed by atoms with Gasteiger partial charge in [-0.2, -0.15) is 17.7 Å². The first-order chi connectivity index (χ1) is 18.1. The van der Waals surface area contributed by atoms with Crippen molar-refractivity contribution in [2.75, 3.05) is 14.2 Å². The van der Waals surface area contributed by atoms with E-state index in [1.54, 1.807) is 0 Å². The van der Waals surface area contributed by atoms with E-state index in [0.29, 0.717) is 9.72 Å². The normalized spacial score (nSPS) is 12.2. The summed E-state index contributed by atoms with van der Waals surface area (Å²) in [6, 6.07) is 9.43. The van der Waals surface area contributed by atoms with Gasteiger partial charge in [-0.15, -0.1) is 0 Å². The van der Waals surface area contributed by atoms with Gasteiger partial charge in [0.1, 0.15) is 11.4 Å². The number of carbonyl (C=O) groups is 1. The summed E-state index contributed by atoms with van der Waals surface area (Å²) in [5.74, 6) is -1.53. The number of hydrogen-bond acceptors (Lipinski definition) is 9. The fourth-order valence-electron chi connectivity index (χ4n) is 3.61. The molecule has 0 saturated heterocycles. The van der Waals surface area contributed by atoms with Crippen molar-refractivity contribution in [1.82, 2.24) is 13.9 Å². The van der Waals surface area contributed by atoms with Gasteiger partial charge in [-0.1, -0.05) is 6.07 Å². The van der Waals surface area contributed by atoms with Gasteiger partial charge in [0, 0.05) is 29.5 Å². The number of ether oxygens (including phenoxy) is 3. The molecule has 0 fully saturated rings. The Balaban J connectivity index is 0.00000420. The Labute approximate surface area is 246 Å². The molecule has 0 bridgehead atoms. The van der Waals surface area contributed by atoms with E-state index in [1.807, 2.05) is 0 Å². The summed E-state index contributed by atoms with van der Waals surface area (Å²) >= 11 is -2.18. The molecule has 2 heterocycles. The fraction of sp³-hybridized carbons (Fsp3) is 0.174. The van der Waals surface area contributed by atoms with E-state index in [0.717, 1.165) is 18.2 Å². The van der Waals surface area contributed by atoms with Gasteiger partial charge < -0.3 is 23.9 Å². The van der Waals surface area contributed by atoms with Crippen LogP contribution >= 0.6 is 0 Å². The quantitative estimate of drug-likeness (QED) is 0.215. The van der Waals surface area contributed by atoms with Gasteiger partial charge in [0.05, 0.1) is 35.7 Å². The third kappa shape index (κ3) is 6.28. The van der Waals surface area contributed by atoms with Gasteiger partial charge in [0.25, 0.3) is 10.0 Å². The first-order valence-corrected chi connectivity index (χ1v) is 13.3. The second-order valence-corrected chi connectivity index (χ2v) is 10.6. The molecule has 1 unspecified atom stereocenters. The average molecular weight is 592 g/mol. The summed E-state index contributed by atoms with van der Waals surface area (Å²) < 4.78 is 82.1. The predicted molar refractivity (Wildman–Crippen MR) is 137 cm³/mol. The summed E-state index contributed by atoms with van der Waals surface area (Å²) in [5, 5.41) is 8.86. The Bertz CT molecular complexity index is 1620. The number of benzene rings is 2. The number of fused-ring (bicyclic) bond motifs is 1. The van der Waals surface area contributed by atoms with Crippen molar-refractivity contribution >= 4 is 67.8 Å². The molecule has 39 heavy (non-hydrogen) atoms. The fourth-order valence-corrected chi connectivity index (χ4v) is 6.61. The summed E-state index contributed by atoms with van der Waals surface area (Å²) in [7, 11) is -1.83. The number of carboxylic acids is 1. The summed E-state index contributed by atoms with van der Waals surface area (Å²) in [5.41, 5.74) is -0.316. The van der Waals surface area contributed by atoms with Crippen LogP contribution < -0.4 is 14.2 Å². The third-order valence-electron chi connectivity index (χ3n) is 5.24. The maximum absolute atomic E-state index is 13.7. The number of pyridine rings is 1. The summed E-state index contributed by atoms with van der Waals surface area (Å²) in [6.07, 6.45) is 1.39. The molecule has 0 radical (unpaired) electrons. The number of rotatable bonds is 10. The topological polar surface area (TPSA) is 153 Å². The number of carboxylic acid groups (broad SMARTS) is 1. The van der Waals surface area contributed by atoms with Crippen molar-refractivity contribution in [3.63, 3.8) is 0 Å². The van der Waals surface area contributed by atoms with Crippen LogP contribution in [-0.2, 0) is 27.0 Å². The molecule has 2 aromatic carbocycles. The number of alkyl halides is 2. The SMILES string of the molecule is COc1ccnc(C[S+]([O-])c2nc3cc(OC(F)F)ccc3n2S(=O)(=O)c2cccc(C(=O)O)c2)c1OC.[NaH]. The van der Waals surface area contributed by atoms with Crippen molar-refractivity contribution in [3.8, 4) is 17.2 Å². The number of nitrogens with zero attached hydrogens (tertiary/aromatic N) is 3. The van der Waals surface area contributed by atoms with Crippen LogP contribution in [0.1, 0.15) is 16.1 Å². The van der Waals surface area contributed by atoms with Gasteiger partial charge in [-0.05, 0) is 30.3 Å². The molecule has 1 N–H and O–H groups in total. The molecule has 0 aliphatic rings. The molecule has 0 spiro atoms. The second kappa shape index (κ2) is 12.5. The predicted octanol–water partition coefficient (Wildman–Crippen LogP) is 2.64. The van der Waals surface area contributed by atoms with E-state index < -0.39 is 43.8 Å². The van der Waals surface area contributed by atoms with Gasteiger partial charge in [-0.3, -0.25) is 4.98 Å². The molecule has 11 nitrogen and oxygen atoms in total. The molecule has 16 heteroatoms. The molecule has 202 valence electrons. The van der Waals surface area contributed by atoms with E-state index in [-0.39, 0.29) is 69.1 Å². The van der Waals surface area contributed by atoms with Gasteiger partial charge in [0.15, 0.2) is 17.3 Å². The Kier molecular flexibility index (Phi) is 9.79. The van der Waals surface area contributed by atoms with E-state index in [4.69, 9.17) is 9.47 Å². The van der Waals surface area contributed by atoms with Gasteiger partial charge in [-0.25, -0.2) is 13.2 Å². The van der Waals surface area contributed by atoms with Crippen LogP contribution in [-0.4, -0.2) is 88.4 Å². The standard InChI is InChI=1S/C23H19F2N3O8S2.Na.H/c1-34-19-8-9-26-17(20(19)35-2)12-37(31)23-27-16-11-14(36-22(24)25)6-7-18(16)28(23)38(32,33)15-5-3-4-13(10-15)21(29)30;;/h3-11,22H,12H2,1-2H3,(H,29,30);;. The molecule has 0 amide bonds. The molecule has 0 saturated carbocycles. The Hall–Kier alpha value is -2.95. The molecule has 2 aromatic heterocycles. The van der Waals surface area contributed by atoms with Crippen LogP contribution in [0.3, 0.4) is 0 Å². The number of hydrogen-bond donors (Lipinski definition) is 1. The summed E-state index contributed by atoms with van der Waals surface area (Å²) in [4.78, 5) is 19.3. The number of aromatic nitrogens is 3. The number of aromatic carboxylic acids is 1. The Morgan fingerprint density at radius 1 is 1.15 bits per heavy atom. The van der Waals surface area contributed by atoms with Crippen LogP contribution in [0.15, 0.2) is 64.8 Å². The summed E-state index contributed by atoms with van der Waals surface area (Å²) in [6.45, 7) is -3.14. The molecule has 0 aliphatic heterocycles. The van der Waals surface area contributed by atoms with E-state index in [9.17, 15) is 31.7 Å². The van der Waals surface area contributed by atoms with Crippen LogP contribution in [0.5, 0.6) is 17.2 Å². The Morgan fingerprint density at radius 3 is 2.54 bits per heavy atom. The first kappa shape index (κ1) is 30.6. The number of halogens is 2. The molecule has 0 aliphatic carbocycles. The number of imidazole rings is 1. The van der Waals surface area contributed by atoms with Crippen LogP contribution in [0.4, 0.5) is 8.78 Å². The van der Waals surface area contributed by atoms with E-state index in [1.165, 1.54) is 50.7 Å². The van der Waals surface area contributed by atoms with Crippen molar-refractivity contribution in [3.05, 3.63) is 66.0 Å². The van der Waals surface area contributed by atoms with Gasteiger partial charge >= 0.3 is 47.3 Å². The maximum atomic E-state index is 13.7. The zero-order valence-corrected chi connectivity index (χ0v) is 21.3. The van der Waals surface area contributed by atoms with Gasteiger partial charge in [0.2, 0.25) is 0 Å². The van der Waals surface area contributed by atoms with Crippen LogP contribution in [0, 0.1) is 0 Å². The number of methoxy groups -OCH3 is 2. The van der Waals surface area contributed by atoms with Crippen molar-refractivity contribution < 1.29 is 45.9 Å². The zero-order chi connectivity index (χ0) is 27.6. The first-order valence-electron chi connectivity index (χ1n) is 10.6. The molecular formula is C23H20F2N3NaO8S2. The Morgan fingerprint density at radius 2 is 1.90 bits per heavy atom. The molecule has 4 rings (SSSR count). The molecular weight excluding hydrogens is 571 g/mol. The average Bonchev–Trinajstić information content (AvgIpc) is 3.28. The van der Waals surface area contributed by atoms with E-state index >= 15 is 0 Å². The third-order valence-corrected chi connectivity index (χ3v) is 8.27. The minimum atomic E-state index is -4.58. The van der Waals surface area contributed by atoms with Crippen molar-refractivity contribution in [2.24, 2.45) is 0 Å². The van der Waals surface area contributed by atoms with Crippen molar-refractivity contribution in [1.29, 1.82) is 0 Å². The van der Waals surface area contributed by atoms with Crippen LogP contribution in [0.2, 0.25) is 0 Å². The molecule has 4 aromatic rings. The monoisotopic (exact) mass is 591 g/mol. The second-order valence-electron chi connectivity index (χ2n) is 7.51. The molecule has 1 atom stereocenters.